The molecule has 0 bridgehead atoms. The summed E-state index contributed by atoms with van der Waals surface area (Å²) in [5.74, 6) is -0.275. The van der Waals surface area contributed by atoms with E-state index in [4.69, 9.17) is 0 Å². The number of carbonyl (C=O) groups is 2. The minimum absolute atomic E-state index is 0.104. The monoisotopic (exact) mass is 340 g/mol. The molecule has 0 radical (unpaired) electrons. The van der Waals surface area contributed by atoms with Crippen LogP contribution >= 0.6 is 0 Å². The van der Waals surface area contributed by atoms with Gasteiger partial charge in [0.15, 0.2) is 0 Å². The van der Waals surface area contributed by atoms with E-state index >= 15 is 0 Å². The Morgan fingerprint density at radius 2 is 1.80 bits per heavy atom. The molecule has 0 spiro atoms. The van der Waals surface area contributed by atoms with Crippen LogP contribution in [0.2, 0.25) is 0 Å². The number of hydrogen-bond acceptors (Lipinski definition) is 3. The van der Waals surface area contributed by atoms with Crippen molar-refractivity contribution in [3.8, 4) is 0 Å². The Labute approximate surface area is 148 Å². The number of amides is 3. The molecule has 3 amide bonds. The van der Waals surface area contributed by atoms with Crippen LogP contribution in [0.4, 0.5) is 16.2 Å². The molecule has 4 N–H and O–H groups in total. The quantitative estimate of drug-likeness (QED) is 0.625. The van der Waals surface area contributed by atoms with Gasteiger partial charge >= 0.3 is 6.03 Å². The Hall–Kier alpha value is -2.86. The first-order valence-electron chi connectivity index (χ1n) is 8.28. The van der Waals surface area contributed by atoms with Gasteiger partial charge in [0.1, 0.15) is 0 Å². The molecule has 25 heavy (non-hydrogen) atoms. The third-order valence-electron chi connectivity index (χ3n) is 3.54. The van der Waals surface area contributed by atoms with Crippen LogP contribution in [-0.4, -0.2) is 25.0 Å². The standard InChI is InChI=1S/C19H24N4O2/c1-3-20-12-15-8-4-5-10-17(15)23-18(24)13-21-19(25)22-16-9-6-7-14(2)11-16/h4-11,20H,3,12-13H2,1-2H3,(H,23,24)(H2,21,22,25). The van der Waals surface area contributed by atoms with Crippen molar-refractivity contribution in [2.45, 2.75) is 20.4 Å². The Morgan fingerprint density at radius 1 is 1.00 bits per heavy atom. The summed E-state index contributed by atoms with van der Waals surface area (Å²) in [5, 5.41) is 11.3. The molecule has 2 aromatic carbocycles. The Balaban J connectivity index is 1.83. The van der Waals surface area contributed by atoms with Crippen molar-refractivity contribution >= 4 is 23.3 Å². The molecular weight excluding hydrogens is 316 g/mol. The van der Waals surface area contributed by atoms with Gasteiger partial charge in [-0.05, 0) is 42.8 Å². The van der Waals surface area contributed by atoms with E-state index in [-0.39, 0.29) is 12.5 Å². The molecule has 132 valence electrons. The summed E-state index contributed by atoms with van der Waals surface area (Å²) in [6, 6.07) is 14.6. The smallest absolute Gasteiger partial charge is 0.319 e. The summed E-state index contributed by atoms with van der Waals surface area (Å²) in [4.78, 5) is 24.0. The van der Waals surface area contributed by atoms with Crippen LogP contribution in [0.5, 0.6) is 0 Å². The van der Waals surface area contributed by atoms with Crippen molar-refractivity contribution in [2.24, 2.45) is 0 Å². The minimum Gasteiger partial charge on any atom is -0.329 e. The maximum absolute atomic E-state index is 12.1. The van der Waals surface area contributed by atoms with E-state index in [0.717, 1.165) is 23.4 Å². The van der Waals surface area contributed by atoms with Gasteiger partial charge in [0.25, 0.3) is 0 Å². The zero-order valence-electron chi connectivity index (χ0n) is 14.6. The van der Waals surface area contributed by atoms with Crippen molar-refractivity contribution in [3.63, 3.8) is 0 Å². The Morgan fingerprint density at radius 3 is 2.56 bits per heavy atom. The highest BCUT2D eigenvalue weighted by molar-refractivity contribution is 5.97. The third-order valence-corrected chi connectivity index (χ3v) is 3.54. The topological polar surface area (TPSA) is 82.3 Å². The predicted octanol–water partition coefficient (Wildman–Crippen LogP) is 2.86. The molecule has 6 nitrogen and oxygen atoms in total. The maximum atomic E-state index is 12.1. The minimum atomic E-state index is -0.415. The summed E-state index contributed by atoms with van der Waals surface area (Å²) in [6.07, 6.45) is 0. The summed E-state index contributed by atoms with van der Waals surface area (Å²) in [7, 11) is 0. The van der Waals surface area contributed by atoms with E-state index in [2.05, 4.69) is 21.3 Å². The molecule has 0 saturated heterocycles. The molecule has 0 aromatic heterocycles. The fourth-order valence-corrected chi connectivity index (χ4v) is 2.31. The van der Waals surface area contributed by atoms with Gasteiger partial charge in [0, 0.05) is 17.9 Å². The molecule has 0 unspecified atom stereocenters. The lowest BCUT2D eigenvalue weighted by Gasteiger charge is -2.12. The molecule has 0 heterocycles. The molecule has 0 aliphatic heterocycles. The van der Waals surface area contributed by atoms with Crippen LogP contribution in [0, 0.1) is 6.92 Å². The molecule has 0 aliphatic carbocycles. The number of anilines is 2. The van der Waals surface area contributed by atoms with Gasteiger partial charge in [-0.15, -0.1) is 0 Å². The van der Waals surface area contributed by atoms with Gasteiger partial charge in [-0.2, -0.15) is 0 Å². The highest BCUT2D eigenvalue weighted by Gasteiger charge is 2.08. The van der Waals surface area contributed by atoms with Gasteiger partial charge in [0.05, 0.1) is 6.54 Å². The van der Waals surface area contributed by atoms with Crippen LogP contribution < -0.4 is 21.3 Å². The fourth-order valence-electron chi connectivity index (χ4n) is 2.31. The van der Waals surface area contributed by atoms with Crippen LogP contribution in [0.25, 0.3) is 0 Å². The van der Waals surface area contributed by atoms with Gasteiger partial charge < -0.3 is 21.3 Å². The maximum Gasteiger partial charge on any atom is 0.319 e. The van der Waals surface area contributed by atoms with Gasteiger partial charge in [-0.3, -0.25) is 4.79 Å². The average molecular weight is 340 g/mol. The van der Waals surface area contributed by atoms with Gasteiger partial charge in [-0.1, -0.05) is 37.3 Å². The normalized spacial score (nSPS) is 10.2. The molecule has 0 aliphatic rings. The van der Waals surface area contributed by atoms with Crippen LogP contribution in [-0.2, 0) is 11.3 Å². The molecule has 2 rings (SSSR count). The molecular formula is C19H24N4O2. The highest BCUT2D eigenvalue weighted by atomic mass is 16.2. The van der Waals surface area contributed by atoms with Crippen LogP contribution in [0.15, 0.2) is 48.5 Å². The van der Waals surface area contributed by atoms with Crippen molar-refractivity contribution in [1.29, 1.82) is 0 Å². The lowest BCUT2D eigenvalue weighted by atomic mass is 10.1. The van der Waals surface area contributed by atoms with Crippen molar-refractivity contribution in [2.75, 3.05) is 23.7 Å². The number of nitrogens with one attached hydrogen (secondary N) is 4. The lowest BCUT2D eigenvalue weighted by molar-refractivity contribution is -0.115. The molecule has 2 aromatic rings. The van der Waals surface area contributed by atoms with Crippen LogP contribution in [0.3, 0.4) is 0 Å². The van der Waals surface area contributed by atoms with Crippen molar-refractivity contribution in [3.05, 3.63) is 59.7 Å². The SMILES string of the molecule is CCNCc1ccccc1NC(=O)CNC(=O)Nc1cccc(C)c1. The number of para-hydroxylation sites is 1. The van der Waals surface area contributed by atoms with E-state index in [1.54, 1.807) is 6.07 Å². The number of urea groups is 1. The summed E-state index contributed by atoms with van der Waals surface area (Å²) >= 11 is 0. The largest absolute Gasteiger partial charge is 0.329 e. The first-order valence-corrected chi connectivity index (χ1v) is 8.28. The van der Waals surface area contributed by atoms with E-state index < -0.39 is 6.03 Å². The van der Waals surface area contributed by atoms with E-state index in [0.29, 0.717) is 12.2 Å². The molecule has 6 heteroatoms. The lowest BCUT2D eigenvalue weighted by Crippen LogP contribution is -2.36. The third kappa shape index (κ3) is 6.27. The average Bonchev–Trinajstić information content (AvgIpc) is 2.59. The summed E-state index contributed by atoms with van der Waals surface area (Å²) < 4.78 is 0. The number of rotatable bonds is 7. The molecule has 0 atom stereocenters. The first-order chi connectivity index (χ1) is 12.1. The molecule has 0 fully saturated rings. The second-order valence-electron chi connectivity index (χ2n) is 5.66. The number of carbonyl (C=O) groups excluding carboxylic acids is 2. The zero-order valence-corrected chi connectivity index (χ0v) is 14.6. The Kier molecular flexibility index (Phi) is 6.98. The van der Waals surface area contributed by atoms with E-state index in [9.17, 15) is 9.59 Å². The van der Waals surface area contributed by atoms with Crippen molar-refractivity contribution < 1.29 is 9.59 Å². The van der Waals surface area contributed by atoms with Crippen molar-refractivity contribution in [1.82, 2.24) is 10.6 Å². The van der Waals surface area contributed by atoms with Gasteiger partial charge in [-0.25, -0.2) is 4.79 Å². The Bertz CT molecular complexity index is 731. The highest BCUT2D eigenvalue weighted by Crippen LogP contribution is 2.14. The number of benzene rings is 2. The summed E-state index contributed by atoms with van der Waals surface area (Å²) in [6.45, 7) is 5.39. The van der Waals surface area contributed by atoms with E-state index in [1.165, 1.54) is 0 Å². The summed E-state index contributed by atoms with van der Waals surface area (Å²) in [5.41, 5.74) is 3.48. The predicted molar refractivity (Wildman–Crippen MR) is 101 cm³/mol. The number of aryl methyl sites for hydroxylation is 1. The fraction of sp³-hybridized carbons (Fsp3) is 0.263. The van der Waals surface area contributed by atoms with E-state index in [1.807, 2.05) is 56.3 Å². The van der Waals surface area contributed by atoms with Gasteiger partial charge in [0.2, 0.25) is 5.91 Å². The van der Waals surface area contributed by atoms with Crippen LogP contribution in [0.1, 0.15) is 18.1 Å². The number of hydrogen-bond donors (Lipinski definition) is 4. The second kappa shape index (κ2) is 9.44. The first kappa shape index (κ1) is 18.5. The zero-order chi connectivity index (χ0) is 18.1. The second-order valence-corrected chi connectivity index (χ2v) is 5.66. The molecule has 0 saturated carbocycles.